The fraction of sp³-hybridized carbons (Fsp3) is 0.176. The molecule has 2 N–H and O–H groups in total. The maximum Gasteiger partial charge on any atom is 0.228 e. The second kappa shape index (κ2) is 5.97. The normalized spacial score (nSPS) is 12.7. The second-order valence-electron chi connectivity index (χ2n) is 5.24. The van der Waals surface area contributed by atoms with Crippen molar-refractivity contribution >= 4 is 23.2 Å². The van der Waals surface area contributed by atoms with Crippen molar-refractivity contribution in [3.8, 4) is 0 Å². The van der Waals surface area contributed by atoms with E-state index in [1.807, 2.05) is 0 Å². The number of carbonyl (C=O) groups excluding carboxylic acids is 2. The van der Waals surface area contributed by atoms with E-state index in [0.29, 0.717) is 24.1 Å². The summed E-state index contributed by atoms with van der Waals surface area (Å²) in [6.07, 6.45) is 0.882. The van der Waals surface area contributed by atoms with Gasteiger partial charge in [0.05, 0.1) is 6.42 Å². The van der Waals surface area contributed by atoms with Gasteiger partial charge >= 0.3 is 0 Å². The SMILES string of the molecule is O=C(CCc1ccccc1F)Nc1ccc2c(c1)CC(=O)N2. The number of nitrogens with one attached hydrogen (secondary N) is 2. The lowest BCUT2D eigenvalue weighted by molar-refractivity contribution is -0.116. The fourth-order valence-corrected chi connectivity index (χ4v) is 2.48. The Hall–Kier alpha value is -2.69. The van der Waals surface area contributed by atoms with E-state index in [-0.39, 0.29) is 24.1 Å². The molecule has 22 heavy (non-hydrogen) atoms. The van der Waals surface area contributed by atoms with E-state index in [1.54, 1.807) is 36.4 Å². The molecule has 0 aliphatic carbocycles. The van der Waals surface area contributed by atoms with Crippen LogP contribution in [-0.4, -0.2) is 11.8 Å². The van der Waals surface area contributed by atoms with Gasteiger partial charge in [-0.15, -0.1) is 0 Å². The molecule has 112 valence electrons. The number of halogens is 1. The highest BCUT2D eigenvalue weighted by Gasteiger charge is 2.17. The van der Waals surface area contributed by atoms with Crippen LogP contribution in [0.1, 0.15) is 17.5 Å². The topological polar surface area (TPSA) is 58.2 Å². The molecule has 0 saturated heterocycles. The molecule has 5 heteroatoms. The van der Waals surface area contributed by atoms with Crippen molar-refractivity contribution in [1.82, 2.24) is 0 Å². The van der Waals surface area contributed by atoms with Crippen molar-refractivity contribution < 1.29 is 14.0 Å². The van der Waals surface area contributed by atoms with Crippen LogP contribution >= 0.6 is 0 Å². The molecule has 4 nitrogen and oxygen atoms in total. The Morgan fingerprint density at radius 3 is 2.86 bits per heavy atom. The van der Waals surface area contributed by atoms with Gasteiger partial charge in [0, 0.05) is 17.8 Å². The number of fused-ring (bicyclic) bond motifs is 1. The first kappa shape index (κ1) is 14.3. The molecule has 0 spiro atoms. The van der Waals surface area contributed by atoms with E-state index in [9.17, 15) is 14.0 Å². The zero-order valence-corrected chi connectivity index (χ0v) is 11.9. The molecule has 0 bridgehead atoms. The Bertz CT molecular complexity index is 743. The smallest absolute Gasteiger partial charge is 0.228 e. The highest BCUT2D eigenvalue weighted by molar-refractivity contribution is 6.00. The average molecular weight is 298 g/mol. The molecule has 1 aliphatic rings. The van der Waals surface area contributed by atoms with Crippen molar-refractivity contribution in [1.29, 1.82) is 0 Å². The molecule has 2 aromatic rings. The highest BCUT2D eigenvalue weighted by Crippen LogP contribution is 2.26. The third-order valence-corrected chi connectivity index (χ3v) is 3.59. The minimum atomic E-state index is -0.294. The number of carbonyl (C=O) groups is 2. The molecule has 0 fully saturated rings. The van der Waals surface area contributed by atoms with Crippen molar-refractivity contribution in [3.05, 3.63) is 59.4 Å². The molecule has 1 heterocycles. The molecule has 0 unspecified atom stereocenters. The zero-order chi connectivity index (χ0) is 15.5. The summed E-state index contributed by atoms with van der Waals surface area (Å²) >= 11 is 0. The first-order valence-corrected chi connectivity index (χ1v) is 7.08. The van der Waals surface area contributed by atoms with Crippen LogP contribution in [-0.2, 0) is 22.4 Å². The Morgan fingerprint density at radius 1 is 1.23 bits per heavy atom. The fourth-order valence-electron chi connectivity index (χ4n) is 2.48. The number of aryl methyl sites for hydroxylation is 1. The molecule has 2 aromatic carbocycles. The summed E-state index contributed by atoms with van der Waals surface area (Å²) in [7, 11) is 0. The number of amides is 2. The summed E-state index contributed by atoms with van der Waals surface area (Å²) in [4.78, 5) is 23.2. The lowest BCUT2D eigenvalue weighted by Gasteiger charge is -2.07. The van der Waals surface area contributed by atoms with Crippen LogP contribution in [0, 0.1) is 5.82 Å². The lowest BCUT2D eigenvalue weighted by atomic mass is 10.1. The molecule has 0 aromatic heterocycles. The van der Waals surface area contributed by atoms with Crippen LogP contribution < -0.4 is 10.6 Å². The first-order chi connectivity index (χ1) is 10.6. The van der Waals surface area contributed by atoms with E-state index in [0.717, 1.165) is 11.3 Å². The van der Waals surface area contributed by atoms with Gasteiger partial charge in [-0.05, 0) is 41.8 Å². The van der Waals surface area contributed by atoms with Gasteiger partial charge in [-0.1, -0.05) is 18.2 Å². The van der Waals surface area contributed by atoms with Gasteiger partial charge in [0.2, 0.25) is 11.8 Å². The predicted molar refractivity (Wildman–Crippen MR) is 82.1 cm³/mol. The van der Waals surface area contributed by atoms with E-state index >= 15 is 0 Å². The van der Waals surface area contributed by atoms with E-state index in [1.165, 1.54) is 6.07 Å². The summed E-state index contributed by atoms with van der Waals surface area (Å²) in [6, 6.07) is 11.7. The standard InChI is InChI=1S/C17H15FN2O2/c18-14-4-2-1-3-11(14)5-8-16(21)19-13-6-7-15-12(9-13)10-17(22)20-15/h1-4,6-7,9H,5,8,10H2,(H,19,21)(H,20,22). The van der Waals surface area contributed by atoms with Crippen molar-refractivity contribution in [2.45, 2.75) is 19.3 Å². The maximum absolute atomic E-state index is 13.5. The van der Waals surface area contributed by atoms with Crippen LogP contribution in [0.4, 0.5) is 15.8 Å². The first-order valence-electron chi connectivity index (χ1n) is 7.08. The summed E-state index contributed by atoms with van der Waals surface area (Å²) in [6.45, 7) is 0. The Balaban J connectivity index is 1.60. The van der Waals surface area contributed by atoms with Crippen molar-refractivity contribution in [2.24, 2.45) is 0 Å². The van der Waals surface area contributed by atoms with Crippen LogP contribution in [0.2, 0.25) is 0 Å². The van der Waals surface area contributed by atoms with Gasteiger partial charge in [-0.3, -0.25) is 9.59 Å². The Kier molecular flexibility index (Phi) is 3.87. The van der Waals surface area contributed by atoms with Gasteiger partial charge in [0.25, 0.3) is 0 Å². The van der Waals surface area contributed by atoms with Crippen LogP contribution in [0.5, 0.6) is 0 Å². The highest BCUT2D eigenvalue weighted by atomic mass is 19.1. The van der Waals surface area contributed by atoms with Crippen LogP contribution in [0.3, 0.4) is 0 Å². The number of benzene rings is 2. The van der Waals surface area contributed by atoms with Crippen molar-refractivity contribution in [3.63, 3.8) is 0 Å². The number of anilines is 2. The zero-order valence-electron chi connectivity index (χ0n) is 11.9. The third kappa shape index (κ3) is 3.14. The van der Waals surface area contributed by atoms with Crippen LogP contribution in [0.15, 0.2) is 42.5 Å². The lowest BCUT2D eigenvalue weighted by Crippen LogP contribution is -2.12. The Morgan fingerprint density at radius 2 is 2.05 bits per heavy atom. The summed E-state index contributed by atoms with van der Waals surface area (Å²) in [5.74, 6) is -0.518. The third-order valence-electron chi connectivity index (χ3n) is 3.59. The van der Waals surface area contributed by atoms with E-state index in [2.05, 4.69) is 10.6 Å². The van der Waals surface area contributed by atoms with Crippen LogP contribution in [0.25, 0.3) is 0 Å². The number of hydrogen-bond acceptors (Lipinski definition) is 2. The van der Waals surface area contributed by atoms with E-state index < -0.39 is 0 Å². The molecular formula is C17H15FN2O2. The molecule has 0 saturated carbocycles. The molecule has 2 amide bonds. The monoisotopic (exact) mass is 298 g/mol. The summed E-state index contributed by atoms with van der Waals surface area (Å²) in [5, 5.41) is 5.51. The Labute approximate surface area is 127 Å². The van der Waals surface area contributed by atoms with Gasteiger partial charge in [0.15, 0.2) is 0 Å². The molecule has 0 radical (unpaired) electrons. The maximum atomic E-state index is 13.5. The summed E-state index contributed by atoms with van der Waals surface area (Å²) < 4.78 is 13.5. The van der Waals surface area contributed by atoms with Crippen molar-refractivity contribution in [2.75, 3.05) is 10.6 Å². The quantitative estimate of drug-likeness (QED) is 0.912. The largest absolute Gasteiger partial charge is 0.326 e. The second-order valence-corrected chi connectivity index (χ2v) is 5.24. The molecular weight excluding hydrogens is 283 g/mol. The predicted octanol–water partition coefficient (Wildman–Crippen LogP) is 2.89. The molecule has 1 aliphatic heterocycles. The molecule has 3 rings (SSSR count). The van der Waals surface area contributed by atoms with Gasteiger partial charge in [-0.25, -0.2) is 4.39 Å². The average Bonchev–Trinajstić information content (AvgIpc) is 2.86. The van der Waals surface area contributed by atoms with Gasteiger partial charge in [-0.2, -0.15) is 0 Å². The summed E-state index contributed by atoms with van der Waals surface area (Å²) in [5.41, 5.74) is 2.83. The van der Waals surface area contributed by atoms with Gasteiger partial charge in [0.1, 0.15) is 5.82 Å². The molecule has 0 atom stereocenters. The van der Waals surface area contributed by atoms with E-state index in [4.69, 9.17) is 0 Å². The number of hydrogen-bond donors (Lipinski definition) is 2. The minimum Gasteiger partial charge on any atom is -0.326 e. The minimum absolute atomic E-state index is 0.0435. The van der Waals surface area contributed by atoms with Gasteiger partial charge < -0.3 is 10.6 Å². The number of rotatable bonds is 4.